The van der Waals surface area contributed by atoms with Crippen LogP contribution in [-0.2, 0) is 20.7 Å². The largest absolute Gasteiger partial charge is 0.508 e. The molecule has 1 amide bonds. The molecule has 1 heterocycles. The van der Waals surface area contributed by atoms with Crippen molar-refractivity contribution >= 4 is 11.9 Å². The standard InChI is InChI=1S/C15H19NO5/c17-12-4-2-1-3-10(12)5-8-14(18)16-9-11-6-7-13(21-11)15(19)20/h1-4,11,13,17H,5-9H2,(H,16,18)(H,19,20). The number of rotatable bonds is 6. The summed E-state index contributed by atoms with van der Waals surface area (Å²) in [6, 6.07) is 6.91. The number of hydrogen-bond donors (Lipinski definition) is 3. The van der Waals surface area contributed by atoms with Crippen LogP contribution in [0.3, 0.4) is 0 Å². The van der Waals surface area contributed by atoms with Crippen LogP contribution < -0.4 is 5.32 Å². The Morgan fingerprint density at radius 1 is 1.29 bits per heavy atom. The molecule has 0 aliphatic carbocycles. The van der Waals surface area contributed by atoms with Gasteiger partial charge in [0.2, 0.25) is 5.91 Å². The summed E-state index contributed by atoms with van der Waals surface area (Å²) in [6.07, 6.45) is 0.854. The molecule has 0 saturated carbocycles. The maximum atomic E-state index is 11.7. The van der Waals surface area contributed by atoms with Crippen LogP contribution in [0.25, 0.3) is 0 Å². The summed E-state index contributed by atoms with van der Waals surface area (Å²) in [5, 5.41) is 21.1. The number of nitrogens with one attached hydrogen (secondary N) is 1. The van der Waals surface area contributed by atoms with Gasteiger partial charge in [0.05, 0.1) is 6.10 Å². The fraction of sp³-hybridized carbons (Fsp3) is 0.467. The normalized spacial score (nSPS) is 21.1. The minimum absolute atomic E-state index is 0.138. The first-order chi connectivity index (χ1) is 10.1. The van der Waals surface area contributed by atoms with Crippen molar-refractivity contribution in [1.29, 1.82) is 0 Å². The van der Waals surface area contributed by atoms with Crippen LogP contribution in [0.2, 0.25) is 0 Å². The molecule has 1 aliphatic heterocycles. The number of phenols is 1. The van der Waals surface area contributed by atoms with Crippen molar-refractivity contribution in [2.75, 3.05) is 6.54 Å². The molecule has 0 bridgehead atoms. The summed E-state index contributed by atoms with van der Waals surface area (Å²) in [4.78, 5) is 22.5. The lowest BCUT2D eigenvalue weighted by molar-refractivity contribution is -0.149. The predicted octanol–water partition coefficient (Wildman–Crippen LogP) is 1.07. The molecule has 6 heteroatoms. The molecule has 6 nitrogen and oxygen atoms in total. The topological polar surface area (TPSA) is 95.9 Å². The minimum atomic E-state index is -0.955. The van der Waals surface area contributed by atoms with E-state index < -0.39 is 12.1 Å². The van der Waals surface area contributed by atoms with Gasteiger partial charge in [0, 0.05) is 13.0 Å². The van der Waals surface area contributed by atoms with Crippen LogP contribution in [0.4, 0.5) is 0 Å². The molecular weight excluding hydrogens is 274 g/mol. The lowest BCUT2D eigenvalue weighted by Gasteiger charge is -2.12. The van der Waals surface area contributed by atoms with Gasteiger partial charge < -0.3 is 20.3 Å². The van der Waals surface area contributed by atoms with E-state index in [0.29, 0.717) is 25.8 Å². The number of hydrogen-bond acceptors (Lipinski definition) is 4. The number of ether oxygens (including phenoxy) is 1. The molecule has 2 unspecified atom stereocenters. The van der Waals surface area contributed by atoms with Gasteiger partial charge in [-0.1, -0.05) is 18.2 Å². The molecule has 1 saturated heterocycles. The van der Waals surface area contributed by atoms with Crippen LogP contribution in [0.1, 0.15) is 24.8 Å². The number of carbonyl (C=O) groups is 2. The van der Waals surface area contributed by atoms with Crippen molar-refractivity contribution in [1.82, 2.24) is 5.32 Å². The molecule has 1 fully saturated rings. The highest BCUT2D eigenvalue weighted by Crippen LogP contribution is 2.19. The smallest absolute Gasteiger partial charge is 0.332 e. The zero-order valence-corrected chi connectivity index (χ0v) is 11.6. The molecule has 1 aromatic rings. The van der Waals surface area contributed by atoms with E-state index in [4.69, 9.17) is 9.84 Å². The number of phenolic OH excluding ortho intramolecular Hbond substituents is 1. The van der Waals surface area contributed by atoms with Gasteiger partial charge in [0.1, 0.15) is 5.75 Å². The molecule has 3 N–H and O–H groups in total. The molecule has 0 radical (unpaired) electrons. The summed E-state index contributed by atoms with van der Waals surface area (Å²) in [7, 11) is 0. The number of aliphatic carboxylic acids is 1. The number of carbonyl (C=O) groups excluding carboxylic acids is 1. The number of carboxylic acids is 1. The Morgan fingerprint density at radius 3 is 2.71 bits per heavy atom. The van der Waals surface area contributed by atoms with E-state index in [9.17, 15) is 14.7 Å². The average molecular weight is 293 g/mol. The average Bonchev–Trinajstić information content (AvgIpc) is 2.93. The number of aromatic hydroxyl groups is 1. The van der Waals surface area contributed by atoms with E-state index in [0.717, 1.165) is 5.56 Å². The molecule has 114 valence electrons. The third-order valence-corrected chi connectivity index (χ3v) is 3.52. The SMILES string of the molecule is O=C(CCc1ccccc1O)NCC1CCC(C(=O)O)O1. The van der Waals surface area contributed by atoms with Crippen molar-refractivity contribution in [3.05, 3.63) is 29.8 Å². The number of para-hydroxylation sites is 1. The molecule has 1 aliphatic rings. The summed E-state index contributed by atoms with van der Waals surface area (Å²) >= 11 is 0. The van der Waals surface area contributed by atoms with Crippen molar-refractivity contribution in [2.24, 2.45) is 0 Å². The summed E-state index contributed by atoms with van der Waals surface area (Å²) in [5.74, 6) is -0.905. The highest BCUT2D eigenvalue weighted by Gasteiger charge is 2.30. The summed E-state index contributed by atoms with van der Waals surface area (Å²) in [6.45, 7) is 0.323. The number of amides is 1. The molecule has 1 aromatic carbocycles. The van der Waals surface area contributed by atoms with E-state index in [2.05, 4.69) is 5.32 Å². The lowest BCUT2D eigenvalue weighted by Crippen LogP contribution is -2.33. The van der Waals surface area contributed by atoms with Gasteiger partial charge in [-0.05, 0) is 30.9 Å². The number of benzene rings is 1. The second-order valence-corrected chi connectivity index (χ2v) is 5.10. The van der Waals surface area contributed by atoms with E-state index >= 15 is 0 Å². The monoisotopic (exact) mass is 293 g/mol. The zero-order valence-electron chi connectivity index (χ0n) is 11.6. The molecule has 0 aromatic heterocycles. The number of aryl methyl sites for hydroxylation is 1. The Morgan fingerprint density at radius 2 is 2.05 bits per heavy atom. The minimum Gasteiger partial charge on any atom is -0.508 e. The summed E-state index contributed by atoms with van der Waals surface area (Å²) < 4.78 is 5.30. The first-order valence-corrected chi connectivity index (χ1v) is 6.98. The van der Waals surface area contributed by atoms with Crippen LogP contribution in [-0.4, -0.2) is 40.8 Å². The molecule has 2 atom stereocenters. The van der Waals surface area contributed by atoms with E-state index in [-0.39, 0.29) is 24.2 Å². The highest BCUT2D eigenvalue weighted by atomic mass is 16.5. The zero-order chi connectivity index (χ0) is 15.2. The van der Waals surface area contributed by atoms with Crippen molar-refractivity contribution < 1.29 is 24.5 Å². The molecule has 21 heavy (non-hydrogen) atoms. The maximum absolute atomic E-state index is 11.7. The van der Waals surface area contributed by atoms with Gasteiger partial charge >= 0.3 is 5.97 Å². The van der Waals surface area contributed by atoms with Gasteiger partial charge in [0.25, 0.3) is 0 Å². The highest BCUT2D eigenvalue weighted by molar-refractivity contribution is 5.76. The number of carboxylic acid groups (broad SMARTS) is 1. The molecule has 0 spiro atoms. The second kappa shape index (κ2) is 7.08. The van der Waals surface area contributed by atoms with Gasteiger partial charge in [-0.15, -0.1) is 0 Å². The fourth-order valence-electron chi connectivity index (χ4n) is 2.32. The van der Waals surface area contributed by atoms with Crippen LogP contribution in [0.5, 0.6) is 5.75 Å². The van der Waals surface area contributed by atoms with E-state index in [1.54, 1.807) is 18.2 Å². The third kappa shape index (κ3) is 4.46. The van der Waals surface area contributed by atoms with Crippen molar-refractivity contribution in [2.45, 2.75) is 37.9 Å². The van der Waals surface area contributed by atoms with E-state index in [1.165, 1.54) is 0 Å². The predicted molar refractivity (Wildman–Crippen MR) is 75.0 cm³/mol. The quantitative estimate of drug-likeness (QED) is 0.729. The Bertz CT molecular complexity index is 517. The Balaban J connectivity index is 1.69. The molecular formula is C15H19NO5. The fourth-order valence-corrected chi connectivity index (χ4v) is 2.32. The second-order valence-electron chi connectivity index (χ2n) is 5.10. The van der Waals surface area contributed by atoms with Gasteiger partial charge in [0.15, 0.2) is 6.10 Å². The van der Waals surface area contributed by atoms with Crippen LogP contribution >= 0.6 is 0 Å². The van der Waals surface area contributed by atoms with Crippen LogP contribution in [0, 0.1) is 0 Å². The van der Waals surface area contributed by atoms with Gasteiger partial charge in [-0.3, -0.25) is 4.79 Å². The Hall–Kier alpha value is -2.08. The Kier molecular flexibility index (Phi) is 5.16. The Labute approximate surface area is 122 Å². The van der Waals surface area contributed by atoms with E-state index in [1.807, 2.05) is 6.07 Å². The molecule has 2 rings (SSSR count). The third-order valence-electron chi connectivity index (χ3n) is 3.52. The van der Waals surface area contributed by atoms with Crippen molar-refractivity contribution in [3.63, 3.8) is 0 Å². The lowest BCUT2D eigenvalue weighted by atomic mass is 10.1. The van der Waals surface area contributed by atoms with Gasteiger partial charge in [-0.2, -0.15) is 0 Å². The summed E-state index contributed by atoms with van der Waals surface area (Å²) in [5.41, 5.74) is 0.732. The maximum Gasteiger partial charge on any atom is 0.332 e. The van der Waals surface area contributed by atoms with Crippen LogP contribution in [0.15, 0.2) is 24.3 Å². The first-order valence-electron chi connectivity index (χ1n) is 6.98. The first kappa shape index (κ1) is 15.3. The van der Waals surface area contributed by atoms with Gasteiger partial charge in [-0.25, -0.2) is 4.79 Å². The van der Waals surface area contributed by atoms with Crippen molar-refractivity contribution in [3.8, 4) is 5.75 Å².